The van der Waals surface area contributed by atoms with Crippen LogP contribution >= 0.6 is 10.8 Å². The summed E-state index contributed by atoms with van der Waals surface area (Å²) in [7, 11) is 0.105. The molecule has 0 radical (unpaired) electrons. The third kappa shape index (κ3) is 5.57. The fourth-order valence-corrected chi connectivity index (χ4v) is 7.29. The number of methoxy groups -OCH3 is 1. The van der Waals surface area contributed by atoms with Gasteiger partial charge in [0.1, 0.15) is 33.5 Å². The van der Waals surface area contributed by atoms with Crippen molar-refractivity contribution in [3.63, 3.8) is 0 Å². The molecule has 0 spiro atoms. The third-order valence-electron chi connectivity index (χ3n) is 7.82. The molecular formula is C31H38N4O6S. The van der Waals surface area contributed by atoms with E-state index in [1.165, 1.54) is 0 Å². The molecule has 2 unspecified atom stereocenters. The van der Waals surface area contributed by atoms with E-state index in [4.69, 9.17) is 14.2 Å². The molecule has 5 rings (SSSR count). The normalized spacial score (nSPS) is 18.0. The SMILES string of the molecule is CCOC(=O)CC(c1ccc(C)c(CN2CC(C)Oc3ccccc3S2(O)O)c1)c1cc(OC)c2c(nnn2C)c1C. The highest BCUT2D eigenvalue weighted by Gasteiger charge is 2.34. The molecule has 2 N–H and O–H groups in total. The minimum absolute atomic E-state index is 0.114. The zero-order chi connectivity index (χ0) is 30.2. The molecule has 1 aliphatic rings. The van der Waals surface area contributed by atoms with Crippen LogP contribution in [0.3, 0.4) is 0 Å². The molecule has 224 valence electrons. The van der Waals surface area contributed by atoms with Crippen molar-refractivity contribution >= 4 is 27.8 Å². The van der Waals surface area contributed by atoms with E-state index in [0.717, 1.165) is 33.3 Å². The van der Waals surface area contributed by atoms with Crippen LogP contribution in [-0.2, 0) is 23.1 Å². The van der Waals surface area contributed by atoms with Crippen LogP contribution in [0.4, 0.5) is 0 Å². The van der Waals surface area contributed by atoms with E-state index >= 15 is 0 Å². The maximum Gasteiger partial charge on any atom is 0.306 e. The highest BCUT2D eigenvalue weighted by Crippen LogP contribution is 2.57. The van der Waals surface area contributed by atoms with E-state index in [0.29, 0.717) is 28.5 Å². The Hall–Kier alpha value is -3.64. The minimum atomic E-state index is -3.32. The molecule has 0 saturated carbocycles. The predicted octanol–water partition coefficient (Wildman–Crippen LogP) is 5.99. The Morgan fingerprint density at radius 3 is 2.69 bits per heavy atom. The molecule has 0 fully saturated rings. The molecule has 10 nitrogen and oxygen atoms in total. The van der Waals surface area contributed by atoms with Gasteiger partial charge in [0.15, 0.2) is 0 Å². The maximum atomic E-state index is 12.9. The van der Waals surface area contributed by atoms with Gasteiger partial charge in [-0.15, -0.1) is 15.9 Å². The number of nitrogens with zero attached hydrogens (tertiary/aromatic N) is 4. The number of carbonyl (C=O) groups is 1. The number of rotatable bonds is 8. The standard InChI is InChI=1S/C31H38N4O6S/c1-7-40-29(36)16-25(24-15-27(39-6)31-30(21(24)4)32-33-34(31)5)22-13-12-19(2)23(14-22)18-35-17-20(3)41-26-10-8-9-11-28(26)42(35,37)38/h8-15,20,25,37-38H,7,16-18H2,1-6H3. The van der Waals surface area contributed by atoms with Crippen molar-refractivity contribution in [2.75, 3.05) is 20.3 Å². The van der Waals surface area contributed by atoms with Gasteiger partial charge >= 0.3 is 5.97 Å². The van der Waals surface area contributed by atoms with Crippen LogP contribution in [0.5, 0.6) is 11.5 Å². The highest BCUT2D eigenvalue weighted by atomic mass is 32.3. The van der Waals surface area contributed by atoms with Crippen LogP contribution in [0.25, 0.3) is 11.0 Å². The van der Waals surface area contributed by atoms with Crippen LogP contribution in [0, 0.1) is 13.8 Å². The summed E-state index contributed by atoms with van der Waals surface area (Å²) in [5, 5.41) is 8.58. The molecule has 0 amide bonds. The van der Waals surface area contributed by atoms with Gasteiger partial charge < -0.3 is 14.2 Å². The molecule has 42 heavy (non-hydrogen) atoms. The van der Waals surface area contributed by atoms with E-state index in [2.05, 4.69) is 10.3 Å². The summed E-state index contributed by atoms with van der Waals surface area (Å²) in [6.07, 6.45) is -0.141. The van der Waals surface area contributed by atoms with E-state index in [9.17, 15) is 13.9 Å². The Kier molecular flexibility index (Phi) is 8.47. The number of hydrogen-bond acceptors (Lipinski definition) is 9. The largest absolute Gasteiger partial charge is 0.494 e. The zero-order valence-electron chi connectivity index (χ0n) is 24.8. The summed E-state index contributed by atoms with van der Waals surface area (Å²) in [6, 6.07) is 15.1. The Morgan fingerprint density at radius 2 is 1.95 bits per heavy atom. The number of hydrogen-bond donors (Lipinski definition) is 2. The van der Waals surface area contributed by atoms with Crippen molar-refractivity contribution in [1.29, 1.82) is 0 Å². The number of para-hydroxylation sites is 1. The molecular weight excluding hydrogens is 556 g/mol. The summed E-state index contributed by atoms with van der Waals surface area (Å²) < 4.78 is 43.4. The first-order chi connectivity index (χ1) is 20.0. The monoisotopic (exact) mass is 594 g/mol. The minimum Gasteiger partial charge on any atom is -0.494 e. The number of aryl methyl sites for hydroxylation is 3. The van der Waals surface area contributed by atoms with E-state index in [-0.39, 0.29) is 37.6 Å². The average molecular weight is 595 g/mol. The lowest BCUT2D eigenvalue weighted by atomic mass is 9.84. The molecule has 2 heterocycles. The van der Waals surface area contributed by atoms with E-state index in [1.54, 1.807) is 41.2 Å². The number of esters is 1. The van der Waals surface area contributed by atoms with Gasteiger partial charge in [0.25, 0.3) is 0 Å². The van der Waals surface area contributed by atoms with Gasteiger partial charge in [0.2, 0.25) is 0 Å². The molecule has 2 atom stereocenters. The topological polar surface area (TPSA) is 119 Å². The van der Waals surface area contributed by atoms with Crippen LogP contribution in [0.2, 0.25) is 0 Å². The Bertz CT molecular complexity index is 1620. The molecule has 0 aliphatic carbocycles. The quantitative estimate of drug-likeness (QED) is 0.237. The van der Waals surface area contributed by atoms with Crippen molar-refractivity contribution in [3.8, 4) is 11.5 Å². The summed E-state index contributed by atoms with van der Waals surface area (Å²) >= 11 is 0. The van der Waals surface area contributed by atoms with Gasteiger partial charge in [0, 0.05) is 19.5 Å². The zero-order valence-corrected chi connectivity index (χ0v) is 25.6. The average Bonchev–Trinajstić information content (AvgIpc) is 3.31. The summed E-state index contributed by atoms with van der Waals surface area (Å²) in [4.78, 5) is 13.3. The van der Waals surface area contributed by atoms with Gasteiger partial charge in [-0.1, -0.05) is 35.5 Å². The molecule has 0 bridgehead atoms. The van der Waals surface area contributed by atoms with Gasteiger partial charge in [-0.25, -0.2) is 4.68 Å². The highest BCUT2D eigenvalue weighted by molar-refractivity contribution is 8.22. The molecule has 4 aromatic rings. The lowest BCUT2D eigenvalue weighted by molar-refractivity contribution is -0.143. The fraction of sp³-hybridized carbons (Fsp3) is 0.387. The summed E-state index contributed by atoms with van der Waals surface area (Å²) in [6.45, 7) is 8.57. The first-order valence-corrected chi connectivity index (χ1v) is 15.5. The number of carbonyl (C=O) groups excluding carboxylic acids is 1. The van der Waals surface area contributed by atoms with E-state index < -0.39 is 10.8 Å². The molecule has 0 saturated heterocycles. The van der Waals surface area contributed by atoms with Crippen molar-refractivity contribution in [1.82, 2.24) is 19.3 Å². The van der Waals surface area contributed by atoms with Crippen LogP contribution in [0.1, 0.15) is 54.0 Å². The molecule has 1 aromatic heterocycles. The summed E-state index contributed by atoms with van der Waals surface area (Å²) in [5.41, 5.74) is 6.08. The second-order valence-electron chi connectivity index (χ2n) is 10.7. The lowest BCUT2D eigenvalue weighted by Gasteiger charge is -2.42. The van der Waals surface area contributed by atoms with Crippen molar-refractivity contribution in [3.05, 3.63) is 76.3 Å². The van der Waals surface area contributed by atoms with E-state index in [1.807, 2.05) is 58.2 Å². The number of benzene rings is 3. The van der Waals surface area contributed by atoms with Gasteiger partial charge in [-0.3, -0.25) is 13.9 Å². The lowest BCUT2D eigenvalue weighted by Crippen LogP contribution is -2.33. The number of aromatic nitrogens is 3. The molecule has 3 aromatic carbocycles. The predicted molar refractivity (Wildman–Crippen MR) is 162 cm³/mol. The van der Waals surface area contributed by atoms with Crippen molar-refractivity contribution in [2.45, 2.75) is 57.6 Å². The summed E-state index contributed by atoms with van der Waals surface area (Å²) in [5.74, 6) is 0.421. The van der Waals surface area contributed by atoms with Crippen LogP contribution in [0.15, 0.2) is 53.4 Å². The second-order valence-corrected chi connectivity index (χ2v) is 12.7. The smallest absolute Gasteiger partial charge is 0.306 e. The number of ether oxygens (including phenoxy) is 3. The van der Waals surface area contributed by atoms with Gasteiger partial charge in [0.05, 0.1) is 26.7 Å². The maximum absolute atomic E-state index is 12.9. The first kappa shape index (κ1) is 29.8. The van der Waals surface area contributed by atoms with Crippen molar-refractivity contribution in [2.24, 2.45) is 7.05 Å². The first-order valence-electron chi connectivity index (χ1n) is 14.0. The number of fused-ring (bicyclic) bond motifs is 2. The molecule has 1 aliphatic heterocycles. The van der Waals surface area contributed by atoms with Gasteiger partial charge in [-0.2, -0.15) is 4.31 Å². The Morgan fingerprint density at radius 1 is 1.19 bits per heavy atom. The second kappa shape index (κ2) is 11.9. The molecule has 11 heteroatoms. The Labute approximate surface area is 247 Å². The van der Waals surface area contributed by atoms with Gasteiger partial charge in [-0.05, 0) is 73.7 Å². The van der Waals surface area contributed by atoms with Crippen LogP contribution < -0.4 is 9.47 Å². The third-order valence-corrected chi connectivity index (χ3v) is 9.75. The van der Waals surface area contributed by atoms with Crippen molar-refractivity contribution < 1.29 is 28.1 Å². The Balaban J connectivity index is 1.59. The fourth-order valence-electron chi connectivity index (χ4n) is 5.63. The van der Waals surface area contributed by atoms with Crippen LogP contribution in [-0.4, -0.2) is 60.7 Å².